The van der Waals surface area contributed by atoms with Crippen LogP contribution in [0.3, 0.4) is 0 Å². The van der Waals surface area contributed by atoms with Gasteiger partial charge in [0.1, 0.15) is 12.1 Å². The van der Waals surface area contributed by atoms with Crippen molar-refractivity contribution in [3.8, 4) is 5.82 Å². The zero-order valence-electron chi connectivity index (χ0n) is 9.59. The summed E-state index contributed by atoms with van der Waals surface area (Å²) in [4.78, 5) is 8.45. The van der Waals surface area contributed by atoms with Gasteiger partial charge < -0.3 is 5.32 Å². The van der Waals surface area contributed by atoms with Crippen LogP contribution in [0.25, 0.3) is 5.82 Å². The maximum absolute atomic E-state index is 4.41. The third-order valence-electron chi connectivity index (χ3n) is 2.54. The van der Waals surface area contributed by atoms with Gasteiger partial charge in [0.2, 0.25) is 0 Å². The summed E-state index contributed by atoms with van der Waals surface area (Å²) in [7, 11) is 0. The molecule has 0 aliphatic carbocycles. The predicted octanol–water partition coefficient (Wildman–Crippen LogP) is 1.94. The van der Waals surface area contributed by atoms with Crippen LogP contribution < -0.4 is 5.32 Å². The lowest BCUT2D eigenvalue weighted by molar-refractivity contribution is 0.592. The fraction of sp³-hybridized carbons (Fsp3) is 0.333. The average molecular weight is 216 g/mol. The molecule has 2 heterocycles. The number of rotatable bonds is 4. The van der Waals surface area contributed by atoms with Crippen molar-refractivity contribution in [2.24, 2.45) is 0 Å². The minimum Gasteiger partial charge on any atom is -0.310 e. The monoisotopic (exact) mass is 216 g/mol. The Morgan fingerprint density at radius 1 is 1.44 bits per heavy atom. The quantitative estimate of drug-likeness (QED) is 0.849. The van der Waals surface area contributed by atoms with Crippen molar-refractivity contribution >= 4 is 0 Å². The summed E-state index contributed by atoms with van der Waals surface area (Å²) in [6.45, 7) is 5.18. The lowest BCUT2D eigenvalue weighted by Gasteiger charge is -2.16. The number of nitrogens with zero attached hydrogens (tertiary/aromatic N) is 3. The van der Waals surface area contributed by atoms with E-state index in [4.69, 9.17) is 0 Å². The zero-order chi connectivity index (χ0) is 11.4. The molecule has 0 fully saturated rings. The number of hydrogen-bond acceptors (Lipinski definition) is 3. The van der Waals surface area contributed by atoms with Crippen LogP contribution in [0, 0.1) is 0 Å². The van der Waals surface area contributed by atoms with E-state index in [-0.39, 0.29) is 6.04 Å². The molecule has 4 heteroatoms. The van der Waals surface area contributed by atoms with E-state index < -0.39 is 0 Å². The van der Waals surface area contributed by atoms with Crippen LogP contribution in [-0.4, -0.2) is 21.1 Å². The van der Waals surface area contributed by atoms with Crippen LogP contribution in [0.15, 0.2) is 37.1 Å². The number of hydrogen-bond donors (Lipinski definition) is 1. The van der Waals surface area contributed by atoms with Gasteiger partial charge in [-0.25, -0.2) is 9.97 Å². The van der Waals surface area contributed by atoms with Gasteiger partial charge in [0, 0.05) is 30.2 Å². The van der Waals surface area contributed by atoms with Crippen LogP contribution in [0.4, 0.5) is 0 Å². The maximum Gasteiger partial charge on any atom is 0.142 e. The van der Waals surface area contributed by atoms with Crippen molar-refractivity contribution in [1.29, 1.82) is 0 Å². The molecular formula is C12H16N4. The van der Waals surface area contributed by atoms with Crippen molar-refractivity contribution in [2.75, 3.05) is 6.54 Å². The number of imidazole rings is 1. The predicted molar refractivity (Wildman–Crippen MR) is 63.5 cm³/mol. The second-order valence-corrected chi connectivity index (χ2v) is 3.67. The minimum absolute atomic E-state index is 0.288. The van der Waals surface area contributed by atoms with Gasteiger partial charge >= 0.3 is 0 Å². The van der Waals surface area contributed by atoms with Gasteiger partial charge in [-0.2, -0.15) is 0 Å². The number of aromatic nitrogens is 3. The van der Waals surface area contributed by atoms with Crippen LogP contribution in [0.2, 0.25) is 0 Å². The van der Waals surface area contributed by atoms with Crippen LogP contribution in [0.5, 0.6) is 0 Å². The topological polar surface area (TPSA) is 42.7 Å². The summed E-state index contributed by atoms with van der Waals surface area (Å²) >= 11 is 0. The van der Waals surface area contributed by atoms with Crippen LogP contribution in [0.1, 0.15) is 25.5 Å². The van der Waals surface area contributed by atoms with Crippen molar-refractivity contribution in [1.82, 2.24) is 19.9 Å². The summed E-state index contributed by atoms with van der Waals surface area (Å²) in [5.41, 5.74) is 1.18. The summed E-state index contributed by atoms with van der Waals surface area (Å²) in [6, 6.07) is 4.34. The van der Waals surface area contributed by atoms with Gasteiger partial charge in [0.05, 0.1) is 0 Å². The van der Waals surface area contributed by atoms with E-state index in [1.54, 1.807) is 18.7 Å². The Balaban J connectivity index is 2.38. The molecule has 0 aromatic carbocycles. The molecule has 1 atom stereocenters. The Morgan fingerprint density at radius 3 is 3.00 bits per heavy atom. The summed E-state index contributed by atoms with van der Waals surface area (Å²) in [5, 5.41) is 3.39. The van der Waals surface area contributed by atoms with Gasteiger partial charge in [-0.15, -0.1) is 0 Å². The first-order valence-electron chi connectivity index (χ1n) is 5.49. The van der Waals surface area contributed by atoms with Crippen molar-refractivity contribution < 1.29 is 0 Å². The Hall–Kier alpha value is -1.68. The van der Waals surface area contributed by atoms with E-state index in [0.29, 0.717) is 0 Å². The third kappa shape index (κ3) is 2.12. The Kier molecular flexibility index (Phi) is 3.31. The number of nitrogens with one attached hydrogen (secondary N) is 1. The fourth-order valence-corrected chi connectivity index (χ4v) is 1.76. The molecule has 0 radical (unpaired) electrons. The molecule has 0 amide bonds. The largest absolute Gasteiger partial charge is 0.310 e. The Bertz CT molecular complexity index is 436. The first-order valence-corrected chi connectivity index (χ1v) is 5.49. The second kappa shape index (κ2) is 4.90. The molecule has 4 nitrogen and oxygen atoms in total. The molecule has 0 spiro atoms. The van der Waals surface area contributed by atoms with Crippen molar-refractivity contribution in [2.45, 2.75) is 19.9 Å². The number of pyridine rings is 1. The van der Waals surface area contributed by atoms with Gasteiger partial charge in [0.15, 0.2) is 0 Å². The zero-order valence-corrected chi connectivity index (χ0v) is 9.59. The van der Waals surface area contributed by atoms with Crippen LogP contribution in [-0.2, 0) is 0 Å². The highest BCUT2D eigenvalue weighted by atomic mass is 15.1. The summed E-state index contributed by atoms with van der Waals surface area (Å²) in [6.07, 6.45) is 7.24. The highest BCUT2D eigenvalue weighted by molar-refractivity contribution is 5.35. The van der Waals surface area contributed by atoms with Gasteiger partial charge in [-0.05, 0) is 19.5 Å². The lowest BCUT2D eigenvalue weighted by atomic mass is 10.1. The van der Waals surface area contributed by atoms with Gasteiger partial charge in [0.25, 0.3) is 0 Å². The third-order valence-corrected chi connectivity index (χ3v) is 2.54. The Labute approximate surface area is 95.4 Å². The molecule has 2 aromatic heterocycles. The Morgan fingerprint density at radius 2 is 2.31 bits per heavy atom. The molecule has 1 unspecified atom stereocenters. The molecule has 0 aliphatic heterocycles. The van der Waals surface area contributed by atoms with Crippen LogP contribution >= 0.6 is 0 Å². The molecule has 16 heavy (non-hydrogen) atoms. The standard InChI is InChI=1S/C12H16N4/c1-3-14-10(2)11-5-4-6-15-12(11)16-8-7-13-9-16/h4-10,14H,3H2,1-2H3. The molecule has 2 aromatic rings. The van der Waals surface area contributed by atoms with E-state index in [0.717, 1.165) is 12.4 Å². The molecule has 1 N–H and O–H groups in total. The average Bonchev–Trinajstić information content (AvgIpc) is 2.83. The molecule has 0 bridgehead atoms. The van der Waals surface area contributed by atoms with Crippen molar-refractivity contribution in [3.05, 3.63) is 42.6 Å². The first kappa shape index (κ1) is 10.8. The maximum atomic E-state index is 4.41. The van der Waals surface area contributed by atoms with E-state index in [1.165, 1.54) is 5.56 Å². The molecule has 0 saturated heterocycles. The highest BCUT2D eigenvalue weighted by Crippen LogP contribution is 2.18. The van der Waals surface area contributed by atoms with E-state index in [9.17, 15) is 0 Å². The second-order valence-electron chi connectivity index (χ2n) is 3.67. The smallest absolute Gasteiger partial charge is 0.142 e. The molecule has 0 aliphatic rings. The normalized spacial score (nSPS) is 12.6. The van der Waals surface area contributed by atoms with E-state index >= 15 is 0 Å². The highest BCUT2D eigenvalue weighted by Gasteiger charge is 2.11. The summed E-state index contributed by atoms with van der Waals surface area (Å²) in [5.74, 6) is 0.938. The SMILES string of the molecule is CCNC(C)c1cccnc1-n1ccnc1. The first-order chi connectivity index (χ1) is 7.83. The van der Waals surface area contributed by atoms with Crippen molar-refractivity contribution in [3.63, 3.8) is 0 Å². The van der Waals surface area contributed by atoms with Gasteiger partial charge in [-0.1, -0.05) is 13.0 Å². The minimum atomic E-state index is 0.288. The van der Waals surface area contributed by atoms with E-state index in [2.05, 4.69) is 35.2 Å². The molecule has 0 saturated carbocycles. The van der Waals surface area contributed by atoms with E-state index in [1.807, 2.05) is 16.8 Å². The van der Waals surface area contributed by atoms with Gasteiger partial charge in [-0.3, -0.25) is 4.57 Å². The molecule has 2 rings (SSSR count). The molecular weight excluding hydrogens is 200 g/mol. The lowest BCUT2D eigenvalue weighted by Crippen LogP contribution is -2.19. The summed E-state index contributed by atoms with van der Waals surface area (Å²) < 4.78 is 1.93. The molecule has 84 valence electrons. The fourth-order valence-electron chi connectivity index (χ4n) is 1.76.